The molecule has 1 unspecified atom stereocenters. The van der Waals surface area contributed by atoms with E-state index in [9.17, 15) is 4.79 Å². The molecule has 18 heavy (non-hydrogen) atoms. The topological polar surface area (TPSA) is 67.6 Å². The quantitative estimate of drug-likeness (QED) is 0.811. The van der Waals surface area contributed by atoms with Crippen LogP contribution in [0.15, 0.2) is 24.3 Å². The Bertz CT molecular complexity index is 399. The Morgan fingerprint density at radius 1 is 1.33 bits per heavy atom. The van der Waals surface area contributed by atoms with Gasteiger partial charge in [0.05, 0.1) is 13.2 Å². The van der Waals surface area contributed by atoms with Gasteiger partial charge in [0.15, 0.2) is 0 Å². The lowest BCUT2D eigenvalue weighted by atomic mass is 10.1. The molecule has 3 N–H and O–H groups in total. The van der Waals surface area contributed by atoms with Crippen LogP contribution in [0.4, 0.5) is 0 Å². The molecule has 0 aromatic heterocycles. The molecule has 5 heteroatoms. The van der Waals surface area contributed by atoms with Crippen LogP contribution in [0.2, 0.25) is 0 Å². The van der Waals surface area contributed by atoms with Crippen LogP contribution in [0.1, 0.15) is 17.2 Å². The van der Waals surface area contributed by atoms with Crippen molar-refractivity contribution in [3.8, 4) is 0 Å². The standard InChI is InChI=1S/C13H19N3O2/c1-10-2-4-11(5-3-10)12(14)13(17)15-16-6-8-18-9-7-16/h2-5,12H,6-9,14H2,1H3,(H,15,17). The van der Waals surface area contributed by atoms with Crippen molar-refractivity contribution < 1.29 is 9.53 Å². The second kappa shape index (κ2) is 5.95. The van der Waals surface area contributed by atoms with E-state index in [2.05, 4.69) is 5.43 Å². The molecule has 1 saturated heterocycles. The molecule has 1 aromatic carbocycles. The Labute approximate surface area is 107 Å². The third kappa shape index (κ3) is 3.29. The van der Waals surface area contributed by atoms with E-state index in [0.29, 0.717) is 26.3 Å². The van der Waals surface area contributed by atoms with Crippen LogP contribution in [0.25, 0.3) is 0 Å². The zero-order valence-electron chi connectivity index (χ0n) is 10.6. The molecule has 0 aliphatic carbocycles. The second-order valence-corrected chi connectivity index (χ2v) is 4.46. The molecule has 1 fully saturated rings. The number of carbonyl (C=O) groups is 1. The lowest BCUT2D eigenvalue weighted by Gasteiger charge is -2.28. The van der Waals surface area contributed by atoms with E-state index in [1.54, 1.807) is 0 Å². The van der Waals surface area contributed by atoms with Crippen molar-refractivity contribution in [3.63, 3.8) is 0 Å². The summed E-state index contributed by atoms with van der Waals surface area (Å²) < 4.78 is 5.22. The van der Waals surface area contributed by atoms with E-state index < -0.39 is 6.04 Å². The van der Waals surface area contributed by atoms with Crippen LogP contribution >= 0.6 is 0 Å². The summed E-state index contributed by atoms with van der Waals surface area (Å²) in [5, 5.41) is 1.85. The molecule has 0 bridgehead atoms. The van der Waals surface area contributed by atoms with Crippen molar-refractivity contribution in [2.75, 3.05) is 26.3 Å². The van der Waals surface area contributed by atoms with Gasteiger partial charge in [0.1, 0.15) is 6.04 Å². The number of rotatable bonds is 3. The Morgan fingerprint density at radius 3 is 2.56 bits per heavy atom. The lowest BCUT2D eigenvalue weighted by Crippen LogP contribution is -2.50. The number of nitrogens with two attached hydrogens (primary N) is 1. The van der Waals surface area contributed by atoms with Gasteiger partial charge in [0, 0.05) is 13.1 Å². The minimum atomic E-state index is -0.631. The highest BCUT2D eigenvalue weighted by atomic mass is 16.5. The van der Waals surface area contributed by atoms with Gasteiger partial charge in [0.2, 0.25) is 0 Å². The van der Waals surface area contributed by atoms with Crippen molar-refractivity contribution >= 4 is 5.91 Å². The van der Waals surface area contributed by atoms with E-state index in [-0.39, 0.29) is 5.91 Å². The van der Waals surface area contributed by atoms with Crippen molar-refractivity contribution in [1.29, 1.82) is 0 Å². The Balaban J connectivity index is 1.93. The fourth-order valence-electron chi connectivity index (χ4n) is 1.83. The zero-order chi connectivity index (χ0) is 13.0. The molecular weight excluding hydrogens is 230 g/mol. The average molecular weight is 249 g/mol. The summed E-state index contributed by atoms with van der Waals surface area (Å²) in [6.45, 7) is 4.68. The number of morpholine rings is 1. The summed E-state index contributed by atoms with van der Waals surface area (Å²) in [7, 11) is 0. The molecule has 0 saturated carbocycles. The highest BCUT2D eigenvalue weighted by Gasteiger charge is 2.19. The summed E-state index contributed by atoms with van der Waals surface area (Å²) >= 11 is 0. The first-order chi connectivity index (χ1) is 8.66. The number of aryl methyl sites for hydroxylation is 1. The van der Waals surface area contributed by atoms with Gasteiger partial charge < -0.3 is 10.5 Å². The maximum atomic E-state index is 12.0. The molecule has 1 amide bonds. The number of hydrogen-bond acceptors (Lipinski definition) is 4. The smallest absolute Gasteiger partial charge is 0.255 e. The molecule has 2 rings (SSSR count). The predicted octanol–water partition coefficient (Wildman–Crippen LogP) is 0.358. The van der Waals surface area contributed by atoms with Gasteiger partial charge in [-0.2, -0.15) is 0 Å². The van der Waals surface area contributed by atoms with Crippen molar-refractivity contribution in [1.82, 2.24) is 10.4 Å². The van der Waals surface area contributed by atoms with E-state index >= 15 is 0 Å². The normalized spacial score (nSPS) is 18.3. The SMILES string of the molecule is Cc1ccc(C(N)C(=O)NN2CCOCC2)cc1. The first-order valence-electron chi connectivity index (χ1n) is 6.12. The van der Waals surface area contributed by atoms with E-state index in [4.69, 9.17) is 10.5 Å². The summed E-state index contributed by atoms with van der Waals surface area (Å²) in [6, 6.07) is 7.06. The third-order valence-corrected chi connectivity index (χ3v) is 3.00. The van der Waals surface area contributed by atoms with E-state index in [1.165, 1.54) is 0 Å². The van der Waals surface area contributed by atoms with Crippen LogP contribution in [0.3, 0.4) is 0 Å². The average Bonchev–Trinajstić information content (AvgIpc) is 2.40. The van der Waals surface area contributed by atoms with E-state index in [1.807, 2.05) is 36.2 Å². The van der Waals surface area contributed by atoms with Gasteiger partial charge in [0.25, 0.3) is 5.91 Å². The van der Waals surface area contributed by atoms with Gasteiger partial charge in [-0.3, -0.25) is 10.2 Å². The fraction of sp³-hybridized carbons (Fsp3) is 0.462. The Kier molecular flexibility index (Phi) is 4.30. The highest BCUT2D eigenvalue weighted by Crippen LogP contribution is 2.11. The van der Waals surface area contributed by atoms with Gasteiger partial charge in [-0.1, -0.05) is 29.8 Å². The van der Waals surface area contributed by atoms with Crippen LogP contribution in [0, 0.1) is 6.92 Å². The monoisotopic (exact) mass is 249 g/mol. The molecule has 0 radical (unpaired) electrons. The summed E-state index contributed by atoms with van der Waals surface area (Å²) in [5.74, 6) is -0.180. The molecule has 1 aliphatic rings. The minimum Gasteiger partial charge on any atom is -0.379 e. The molecule has 0 spiro atoms. The molecule has 1 atom stereocenters. The van der Waals surface area contributed by atoms with Crippen LogP contribution < -0.4 is 11.2 Å². The van der Waals surface area contributed by atoms with Crippen molar-refractivity contribution in [3.05, 3.63) is 35.4 Å². The largest absolute Gasteiger partial charge is 0.379 e. The number of nitrogens with one attached hydrogen (secondary N) is 1. The van der Waals surface area contributed by atoms with Crippen LogP contribution in [-0.4, -0.2) is 37.2 Å². The number of benzene rings is 1. The lowest BCUT2D eigenvalue weighted by molar-refractivity contribution is -0.129. The number of hydrogen-bond donors (Lipinski definition) is 2. The number of nitrogens with zero attached hydrogens (tertiary/aromatic N) is 1. The molecule has 98 valence electrons. The molecule has 5 nitrogen and oxygen atoms in total. The number of ether oxygens (including phenoxy) is 1. The molecule has 1 heterocycles. The van der Waals surface area contributed by atoms with Gasteiger partial charge >= 0.3 is 0 Å². The molecule has 1 aliphatic heterocycles. The maximum Gasteiger partial charge on any atom is 0.255 e. The molecule has 1 aromatic rings. The number of carbonyl (C=O) groups excluding carboxylic acids is 1. The summed E-state index contributed by atoms with van der Waals surface area (Å²) in [5.41, 5.74) is 10.7. The van der Waals surface area contributed by atoms with Crippen LogP contribution in [0.5, 0.6) is 0 Å². The van der Waals surface area contributed by atoms with Crippen molar-refractivity contribution in [2.45, 2.75) is 13.0 Å². The predicted molar refractivity (Wildman–Crippen MR) is 68.6 cm³/mol. The second-order valence-electron chi connectivity index (χ2n) is 4.46. The zero-order valence-corrected chi connectivity index (χ0v) is 10.6. The van der Waals surface area contributed by atoms with Gasteiger partial charge in [-0.05, 0) is 12.5 Å². The fourth-order valence-corrected chi connectivity index (χ4v) is 1.83. The number of amides is 1. The first kappa shape index (κ1) is 13.0. The van der Waals surface area contributed by atoms with Crippen molar-refractivity contribution in [2.24, 2.45) is 5.73 Å². The maximum absolute atomic E-state index is 12.0. The number of hydrazine groups is 1. The van der Waals surface area contributed by atoms with Gasteiger partial charge in [-0.15, -0.1) is 0 Å². The van der Waals surface area contributed by atoms with Gasteiger partial charge in [-0.25, -0.2) is 5.01 Å². The highest BCUT2D eigenvalue weighted by molar-refractivity contribution is 5.82. The Hall–Kier alpha value is -1.43. The first-order valence-corrected chi connectivity index (χ1v) is 6.12. The summed E-state index contributed by atoms with van der Waals surface area (Å²) in [4.78, 5) is 12.0. The third-order valence-electron chi connectivity index (χ3n) is 3.00. The van der Waals surface area contributed by atoms with Crippen LogP contribution in [-0.2, 0) is 9.53 Å². The summed E-state index contributed by atoms with van der Waals surface area (Å²) in [6.07, 6.45) is 0. The molecular formula is C13H19N3O2. The Morgan fingerprint density at radius 2 is 1.94 bits per heavy atom. The van der Waals surface area contributed by atoms with E-state index in [0.717, 1.165) is 11.1 Å². The minimum absolute atomic E-state index is 0.180.